The second kappa shape index (κ2) is 4.85. The minimum absolute atomic E-state index is 0.0291. The van der Waals surface area contributed by atoms with Crippen molar-refractivity contribution in [3.05, 3.63) is 47.9 Å². The molecule has 0 amide bonds. The van der Waals surface area contributed by atoms with E-state index in [2.05, 4.69) is 9.71 Å². The van der Waals surface area contributed by atoms with Gasteiger partial charge in [-0.2, -0.15) is 0 Å². The maximum Gasteiger partial charge on any atom is 0.265 e. The molecule has 2 aromatic rings. The fourth-order valence-electron chi connectivity index (χ4n) is 1.54. The van der Waals surface area contributed by atoms with Gasteiger partial charge in [0.1, 0.15) is 16.5 Å². The topological polar surface area (TPSA) is 85.1 Å². The van der Waals surface area contributed by atoms with Crippen LogP contribution in [-0.4, -0.2) is 13.4 Å². The standard InChI is InChI=1S/C12H12FN3O2S/c1-8-2-4-11(10(14)6-8)19(17,18)16-12-5-3-9(13)7-15-12/h2-7H,14H2,1H3,(H,15,16). The zero-order valence-electron chi connectivity index (χ0n) is 10.1. The number of nitrogen functional groups attached to an aromatic ring is 1. The highest BCUT2D eigenvalue weighted by molar-refractivity contribution is 7.92. The van der Waals surface area contributed by atoms with E-state index in [0.29, 0.717) is 0 Å². The first-order valence-electron chi connectivity index (χ1n) is 5.39. The predicted molar refractivity (Wildman–Crippen MR) is 70.6 cm³/mol. The molecule has 0 radical (unpaired) electrons. The summed E-state index contributed by atoms with van der Waals surface area (Å²) < 4.78 is 39.1. The number of anilines is 2. The molecule has 0 aliphatic carbocycles. The Balaban J connectivity index is 2.35. The number of hydrogen-bond donors (Lipinski definition) is 2. The summed E-state index contributed by atoms with van der Waals surface area (Å²) in [6.45, 7) is 1.81. The molecule has 0 atom stereocenters. The van der Waals surface area contributed by atoms with Crippen molar-refractivity contribution in [3.8, 4) is 0 Å². The highest BCUT2D eigenvalue weighted by atomic mass is 32.2. The van der Waals surface area contributed by atoms with E-state index in [1.807, 2.05) is 6.92 Å². The molecule has 7 heteroatoms. The third-order valence-electron chi connectivity index (χ3n) is 2.42. The average molecular weight is 281 g/mol. The molecule has 5 nitrogen and oxygen atoms in total. The Morgan fingerprint density at radius 3 is 2.58 bits per heavy atom. The van der Waals surface area contributed by atoms with Crippen molar-refractivity contribution in [3.63, 3.8) is 0 Å². The zero-order valence-corrected chi connectivity index (χ0v) is 10.9. The minimum Gasteiger partial charge on any atom is -0.398 e. The van der Waals surface area contributed by atoms with Gasteiger partial charge in [0.2, 0.25) is 0 Å². The van der Waals surface area contributed by atoms with Gasteiger partial charge in [-0.25, -0.2) is 17.8 Å². The molecule has 0 aliphatic heterocycles. The summed E-state index contributed by atoms with van der Waals surface area (Å²) in [5, 5.41) is 0. The summed E-state index contributed by atoms with van der Waals surface area (Å²) in [5.41, 5.74) is 6.69. The van der Waals surface area contributed by atoms with Crippen molar-refractivity contribution >= 4 is 21.5 Å². The first-order valence-corrected chi connectivity index (χ1v) is 6.87. The summed E-state index contributed by atoms with van der Waals surface area (Å²) in [4.78, 5) is 3.59. The number of hydrogen-bond acceptors (Lipinski definition) is 4. The minimum atomic E-state index is -3.83. The third-order valence-corrected chi connectivity index (χ3v) is 3.85. The van der Waals surface area contributed by atoms with Crippen molar-refractivity contribution < 1.29 is 12.8 Å². The highest BCUT2D eigenvalue weighted by Gasteiger charge is 2.17. The van der Waals surface area contributed by atoms with Crippen LogP contribution in [0.1, 0.15) is 5.56 Å². The molecule has 3 N–H and O–H groups in total. The molecule has 0 saturated heterocycles. The molecule has 0 fully saturated rings. The maximum absolute atomic E-state index is 12.7. The number of nitrogens with zero attached hydrogens (tertiary/aromatic N) is 1. The normalized spacial score (nSPS) is 11.3. The predicted octanol–water partition coefficient (Wildman–Crippen LogP) is 1.91. The molecule has 0 aliphatic rings. The summed E-state index contributed by atoms with van der Waals surface area (Å²) in [6.07, 6.45) is 0.927. The van der Waals surface area contributed by atoms with E-state index in [0.717, 1.165) is 17.8 Å². The van der Waals surface area contributed by atoms with Crippen LogP contribution in [0.3, 0.4) is 0 Å². The van der Waals surface area contributed by atoms with Gasteiger partial charge < -0.3 is 5.73 Å². The van der Waals surface area contributed by atoms with Crippen molar-refractivity contribution in [1.82, 2.24) is 4.98 Å². The molecule has 1 heterocycles. The van der Waals surface area contributed by atoms with Gasteiger partial charge in [-0.1, -0.05) is 6.07 Å². The molecule has 0 spiro atoms. The van der Waals surface area contributed by atoms with Gasteiger partial charge in [0, 0.05) is 0 Å². The number of rotatable bonds is 3. The first kappa shape index (κ1) is 13.3. The van der Waals surface area contributed by atoms with E-state index >= 15 is 0 Å². The van der Waals surface area contributed by atoms with E-state index in [1.54, 1.807) is 12.1 Å². The number of benzene rings is 1. The number of pyridine rings is 1. The van der Waals surface area contributed by atoms with Crippen molar-refractivity contribution in [2.24, 2.45) is 0 Å². The lowest BCUT2D eigenvalue weighted by atomic mass is 10.2. The lowest BCUT2D eigenvalue weighted by Gasteiger charge is -2.09. The highest BCUT2D eigenvalue weighted by Crippen LogP contribution is 2.21. The Bertz CT molecular complexity index is 699. The average Bonchev–Trinajstić information content (AvgIpc) is 2.31. The molecule has 1 aromatic carbocycles. The summed E-state index contributed by atoms with van der Waals surface area (Å²) in [6, 6.07) is 6.97. The number of aryl methyl sites for hydroxylation is 1. The Morgan fingerprint density at radius 2 is 2.00 bits per heavy atom. The monoisotopic (exact) mass is 281 g/mol. The van der Waals surface area contributed by atoms with Crippen molar-refractivity contribution in [1.29, 1.82) is 0 Å². The number of nitrogens with two attached hydrogens (primary N) is 1. The van der Waals surface area contributed by atoms with Crippen LogP contribution in [0.2, 0.25) is 0 Å². The van der Waals surface area contributed by atoms with E-state index in [-0.39, 0.29) is 16.4 Å². The van der Waals surface area contributed by atoms with Crippen molar-refractivity contribution in [2.75, 3.05) is 10.5 Å². The molecule has 0 saturated carbocycles. The summed E-state index contributed by atoms with van der Waals surface area (Å²) in [5.74, 6) is -0.515. The second-order valence-electron chi connectivity index (χ2n) is 4.01. The van der Waals surface area contributed by atoms with E-state index in [4.69, 9.17) is 5.73 Å². The van der Waals surface area contributed by atoms with Crippen molar-refractivity contribution in [2.45, 2.75) is 11.8 Å². The van der Waals surface area contributed by atoms with Gasteiger partial charge in [-0.3, -0.25) is 4.72 Å². The Morgan fingerprint density at radius 1 is 1.26 bits per heavy atom. The van der Waals surface area contributed by atoms with Crippen LogP contribution < -0.4 is 10.5 Å². The van der Waals surface area contributed by atoms with Crippen LogP contribution in [-0.2, 0) is 10.0 Å². The Kier molecular flexibility index (Phi) is 3.39. The molecule has 0 unspecified atom stereocenters. The van der Waals surface area contributed by atoms with Crippen LogP contribution in [0.15, 0.2) is 41.4 Å². The van der Waals surface area contributed by atoms with Gasteiger partial charge in [-0.05, 0) is 36.8 Å². The molecule has 0 bridgehead atoms. The van der Waals surface area contributed by atoms with Gasteiger partial charge in [0.05, 0.1) is 11.9 Å². The Hall–Kier alpha value is -2.15. The lowest BCUT2D eigenvalue weighted by molar-refractivity contribution is 0.600. The molecule has 2 rings (SSSR count). The van der Waals surface area contributed by atoms with E-state index in [9.17, 15) is 12.8 Å². The van der Waals surface area contributed by atoms with Crippen LogP contribution in [0.4, 0.5) is 15.9 Å². The van der Waals surface area contributed by atoms with Gasteiger partial charge >= 0.3 is 0 Å². The van der Waals surface area contributed by atoms with Crippen LogP contribution >= 0.6 is 0 Å². The summed E-state index contributed by atoms with van der Waals surface area (Å²) >= 11 is 0. The largest absolute Gasteiger partial charge is 0.398 e. The van der Waals surface area contributed by atoms with E-state index < -0.39 is 15.8 Å². The Labute approximate surface area is 110 Å². The van der Waals surface area contributed by atoms with Crippen LogP contribution in [0, 0.1) is 12.7 Å². The number of aromatic nitrogens is 1. The molecule has 19 heavy (non-hydrogen) atoms. The molecular weight excluding hydrogens is 269 g/mol. The fourth-order valence-corrected chi connectivity index (χ4v) is 2.66. The molecule has 1 aromatic heterocycles. The molecule has 100 valence electrons. The summed E-state index contributed by atoms with van der Waals surface area (Å²) in [7, 11) is -3.83. The zero-order chi connectivity index (χ0) is 14.0. The van der Waals surface area contributed by atoms with Gasteiger partial charge in [-0.15, -0.1) is 0 Å². The second-order valence-corrected chi connectivity index (χ2v) is 5.66. The third kappa shape index (κ3) is 3.00. The van der Waals surface area contributed by atoms with Crippen LogP contribution in [0.5, 0.6) is 0 Å². The lowest BCUT2D eigenvalue weighted by Crippen LogP contribution is -2.15. The SMILES string of the molecule is Cc1ccc(S(=O)(=O)Nc2ccc(F)cn2)c(N)c1. The quantitative estimate of drug-likeness (QED) is 0.842. The van der Waals surface area contributed by atoms with Crippen LogP contribution in [0.25, 0.3) is 0 Å². The number of halogens is 1. The maximum atomic E-state index is 12.7. The fraction of sp³-hybridized carbons (Fsp3) is 0.0833. The number of sulfonamides is 1. The van der Waals surface area contributed by atoms with E-state index in [1.165, 1.54) is 12.1 Å². The van der Waals surface area contributed by atoms with Gasteiger partial charge in [0.25, 0.3) is 10.0 Å². The smallest absolute Gasteiger partial charge is 0.265 e. The number of nitrogens with one attached hydrogen (secondary N) is 1. The molecular formula is C12H12FN3O2S. The van der Waals surface area contributed by atoms with Gasteiger partial charge in [0.15, 0.2) is 0 Å². The first-order chi connectivity index (χ1) is 8.88.